The molecule has 0 aromatic carbocycles. The highest BCUT2D eigenvalue weighted by Crippen LogP contribution is 2.34. The zero-order valence-electron chi connectivity index (χ0n) is 5.90. The molecule has 0 unspecified atom stereocenters. The van der Waals surface area contributed by atoms with Gasteiger partial charge in [-0.05, 0) is 0 Å². The Balaban J connectivity index is 2.90. The summed E-state index contributed by atoms with van der Waals surface area (Å²) in [7, 11) is 0. The zero-order chi connectivity index (χ0) is 10.1. The Morgan fingerprint density at radius 3 is 2.46 bits per heavy atom. The van der Waals surface area contributed by atoms with Crippen molar-refractivity contribution in [2.24, 2.45) is 0 Å². The smallest absolute Gasteiger partial charge is 0.417 e. The van der Waals surface area contributed by atoms with Gasteiger partial charge in [-0.25, -0.2) is 5.10 Å². The zero-order valence-corrected chi connectivity index (χ0v) is 5.90. The number of aromatic amines is 1. The number of ether oxygens (including phenoxy) is 1. The largest absolute Gasteiger partial charge is 0.423 e. The van der Waals surface area contributed by atoms with Gasteiger partial charge in [-0.3, -0.25) is 0 Å². The third kappa shape index (κ3) is 2.30. The first kappa shape index (κ1) is 9.75. The maximum atomic E-state index is 11.9. The molecule has 0 aliphatic carbocycles. The quantitative estimate of drug-likeness (QED) is 0.745. The van der Waals surface area contributed by atoms with Crippen molar-refractivity contribution in [1.29, 1.82) is 0 Å². The molecule has 74 valence electrons. The van der Waals surface area contributed by atoms with Crippen molar-refractivity contribution >= 4 is 0 Å². The molecule has 1 rings (SSSR count). The molecule has 0 saturated carbocycles. The molecule has 0 aliphatic heterocycles. The molecule has 0 atom stereocenters. The summed E-state index contributed by atoms with van der Waals surface area (Å²) in [6.45, 7) is -3.32. The molecule has 8 heteroatoms. The number of hydrogen-bond donors (Lipinski definition) is 1. The second kappa shape index (κ2) is 3.19. The Labute approximate surface area is 68.5 Å². The molecule has 1 aromatic heterocycles. The minimum atomic E-state index is -4.75. The molecular formula is C5H3F5N2O. The second-order valence-electron chi connectivity index (χ2n) is 1.99. The first-order chi connectivity index (χ1) is 5.91. The summed E-state index contributed by atoms with van der Waals surface area (Å²) in [6.07, 6.45) is -4.38. The second-order valence-corrected chi connectivity index (χ2v) is 1.99. The van der Waals surface area contributed by atoms with Gasteiger partial charge in [0.15, 0.2) is 0 Å². The van der Waals surface area contributed by atoms with E-state index in [1.807, 2.05) is 0 Å². The van der Waals surface area contributed by atoms with Crippen molar-refractivity contribution in [2.45, 2.75) is 12.8 Å². The fourth-order valence-electron chi connectivity index (χ4n) is 0.655. The molecule has 13 heavy (non-hydrogen) atoms. The van der Waals surface area contributed by atoms with Gasteiger partial charge in [-0.2, -0.15) is 27.1 Å². The van der Waals surface area contributed by atoms with Crippen molar-refractivity contribution in [3.8, 4) is 5.88 Å². The van der Waals surface area contributed by atoms with Gasteiger partial charge in [0, 0.05) is 0 Å². The predicted octanol–water partition coefficient (Wildman–Crippen LogP) is 2.03. The number of H-pyrrole nitrogens is 1. The summed E-state index contributed by atoms with van der Waals surface area (Å²) in [5, 5.41) is 4.61. The Morgan fingerprint density at radius 1 is 1.38 bits per heavy atom. The van der Waals surface area contributed by atoms with E-state index in [1.54, 1.807) is 5.10 Å². The third-order valence-electron chi connectivity index (χ3n) is 1.12. The highest BCUT2D eigenvalue weighted by Gasteiger charge is 2.36. The molecule has 0 aliphatic rings. The minimum Gasteiger partial charge on any atom is -0.417 e. The van der Waals surface area contributed by atoms with E-state index in [0.717, 1.165) is 0 Å². The Hall–Kier alpha value is -1.34. The normalized spacial score (nSPS) is 12.2. The standard InChI is InChI=1S/C5H3F5N2O/c6-4(7)13-3-2(1-11-12-3)5(8,9)10/h1,4H,(H,11,12). The number of halogens is 5. The lowest BCUT2D eigenvalue weighted by atomic mass is 10.3. The van der Waals surface area contributed by atoms with Crippen LogP contribution in [0.25, 0.3) is 0 Å². The Kier molecular flexibility index (Phi) is 2.39. The lowest BCUT2D eigenvalue weighted by molar-refractivity contribution is -0.141. The van der Waals surface area contributed by atoms with Crippen molar-refractivity contribution < 1.29 is 26.7 Å². The van der Waals surface area contributed by atoms with Gasteiger partial charge in [-0.1, -0.05) is 0 Å². The summed E-state index contributed by atoms with van der Waals surface area (Å²) in [5.74, 6) is -1.08. The number of hydrogen-bond acceptors (Lipinski definition) is 2. The van der Waals surface area contributed by atoms with Crippen LogP contribution >= 0.6 is 0 Å². The predicted molar refractivity (Wildman–Crippen MR) is 30.2 cm³/mol. The van der Waals surface area contributed by atoms with E-state index in [4.69, 9.17) is 0 Å². The van der Waals surface area contributed by atoms with E-state index in [2.05, 4.69) is 9.84 Å². The molecule has 3 nitrogen and oxygen atoms in total. The van der Waals surface area contributed by atoms with Crippen molar-refractivity contribution in [1.82, 2.24) is 10.2 Å². The molecule has 0 amide bonds. The van der Waals surface area contributed by atoms with Gasteiger partial charge in [-0.15, -0.1) is 0 Å². The van der Waals surface area contributed by atoms with Crippen LogP contribution in [0.4, 0.5) is 22.0 Å². The first-order valence-electron chi connectivity index (χ1n) is 2.96. The van der Waals surface area contributed by atoms with Crippen LogP contribution in [-0.4, -0.2) is 16.8 Å². The molecular weight excluding hydrogens is 199 g/mol. The van der Waals surface area contributed by atoms with E-state index in [1.165, 1.54) is 0 Å². The van der Waals surface area contributed by atoms with Crippen molar-refractivity contribution in [2.75, 3.05) is 0 Å². The van der Waals surface area contributed by atoms with Gasteiger partial charge in [0.1, 0.15) is 5.56 Å². The number of rotatable bonds is 2. The van der Waals surface area contributed by atoms with Gasteiger partial charge in [0.25, 0.3) is 0 Å². The van der Waals surface area contributed by atoms with Crippen LogP contribution in [0.2, 0.25) is 0 Å². The van der Waals surface area contributed by atoms with Crippen LogP contribution in [0, 0.1) is 0 Å². The first-order valence-corrected chi connectivity index (χ1v) is 2.96. The van der Waals surface area contributed by atoms with Gasteiger partial charge in [0.2, 0.25) is 5.88 Å². The average Bonchev–Trinajstić information content (AvgIpc) is 2.31. The summed E-state index contributed by atoms with van der Waals surface area (Å²) in [6, 6.07) is 0. The summed E-state index contributed by atoms with van der Waals surface area (Å²) in [5.41, 5.74) is -1.35. The number of aromatic nitrogens is 2. The van der Waals surface area contributed by atoms with E-state index in [0.29, 0.717) is 6.20 Å². The summed E-state index contributed by atoms with van der Waals surface area (Å²) in [4.78, 5) is 0. The van der Waals surface area contributed by atoms with E-state index < -0.39 is 24.2 Å². The molecule has 0 radical (unpaired) electrons. The lowest BCUT2D eigenvalue weighted by Crippen LogP contribution is -2.09. The number of alkyl halides is 5. The molecule has 1 N–H and O–H groups in total. The maximum absolute atomic E-state index is 11.9. The number of nitrogens with one attached hydrogen (secondary N) is 1. The monoisotopic (exact) mass is 202 g/mol. The molecule has 1 aromatic rings. The molecule has 0 fully saturated rings. The summed E-state index contributed by atoms with van der Waals surface area (Å²) >= 11 is 0. The molecule has 1 heterocycles. The Bertz CT molecular complexity index is 281. The van der Waals surface area contributed by atoms with Gasteiger partial charge in [0.05, 0.1) is 6.20 Å². The molecule has 0 saturated heterocycles. The highest BCUT2D eigenvalue weighted by molar-refractivity contribution is 5.25. The average molecular weight is 202 g/mol. The van der Waals surface area contributed by atoms with E-state index >= 15 is 0 Å². The van der Waals surface area contributed by atoms with Gasteiger partial charge < -0.3 is 4.74 Å². The van der Waals surface area contributed by atoms with Crippen LogP contribution in [0.3, 0.4) is 0 Å². The molecule has 0 spiro atoms. The maximum Gasteiger partial charge on any atom is 0.423 e. The topological polar surface area (TPSA) is 37.9 Å². The van der Waals surface area contributed by atoms with Crippen LogP contribution in [-0.2, 0) is 6.18 Å². The van der Waals surface area contributed by atoms with Crippen molar-refractivity contribution in [3.05, 3.63) is 11.8 Å². The third-order valence-corrected chi connectivity index (χ3v) is 1.12. The fraction of sp³-hybridized carbons (Fsp3) is 0.400. The van der Waals surface area contributed by atoms with Crippen LogP contribution < -0.4 is 4.74 Å². The highest BCUT2D eigenvalue weighted by atomic mass is 19.4. The summed E-state index contributed by atoms with van der Waals surface area (Å²) < 4.78 is 62.4. The fourth-order valence-corrected chi connectivity index (χ4v) is 0.655. The van der Waals surface area contributed by atoms with Crippen LogP contribution in [0.1, 0.15) is 5.56 Å². The van der Waals surface area contributed by atoms with Crippen molar-refractivity contribution in [3.63, 3.8) is 0 Å². The van der Waals surface area contributed by atoms with Gasteiger partial charge >= 0.3 is 12.8 Å². The lowest BCUT2D eigenvalue weighted by Gasteiger charge is -2.06. The van der Waals surface area contributed by atoms with E-state index in [-0.39, 0.29) is 0 Å². The Morgan fingerprint density at radius 2 is 2.00 bits per heavy atom. The van der Waals surface area contributed by atoms with E-state index in [9.17, 15) is 22.0 Å². The molecule has 0 bridgehead atoms. The van der Waals surface area contributed by atoms with Crippen LogP contribution in [0.15, 0.2) is 6.20 Å². The minimum absolute atomic E-state index is 0.373. The van der Waals surface area contributed by atoms with Crippen LogP contribution in [0.5, 0.6) is 5.88 Å². The number of nitrogens with zero attached hydrogens (tertiary/aromatic N) is 1. The SMILES string of the molecule is FC(F)Oc1[nH]ncc1C(F)(F)F.